The van der Waals surface area contributed by atoms with Crippen molar-refractivity contribution in [1.29, 1.82) is 0 Å². The zero-order chi connectivity index (χ0) is 24.3. The summed E-state index contributed by atoms with van der Waals surface area (Å²) in [4.78, 5) is 28.6. The highest BCUT2D eigenvalue weighted by atomic mass is 79.9. The van der Waals surface area contributed by atoms with Crippen LogP contribution in [0.4, 0.5) is 0 Å². The van der Waals surface area contributed by atoms with Crippen molar-refractivity contribution in [3.8, 4) is 0 Å². The quantitative estimate of drug-likeness (QED) is 0.333. The first kappa shape index (κ1) is 26.0. The second-order valence-corrected chi connectivity index (χ2v) is 10.4. The molecule has 0 radical (unpaired) electrons. The van der Waals surface area contributed by atoms with Gasteiger partial charge in [-0.1, -0.05) is 88.7 Å². The zero-order valence-electron chi connectivity index (χ0n) is 19.6. The molecule has 0 saturated carbocycles. The third-order valence-electron chi connectivity index (χ3n) is 5.31. The maximum Gasteiger partial charge on any atom is 0.243 e. The van der Waals surface area contributed by atoms with Crippen LogP contribution in [0.15, 0.2) is 89.4 Å². The Kier molecular flexibility index (Phi) is 10.2. The number of hydrogen-bond donors (Lipinski definition) is 1. The van der Waals surface area contributed by atoms with E-state index in [2.05, 4.69) is 33.4 Å². The van der Waals surface area contributed by atoms with Gasteiger partial charge in [0.2, 0.25) is 11.8 Å². The molecule has 0 fully saturated rings. The SMILES string of the molecule is CC(C)NC(=O)[C@@H](Cc1ccccc1)N(Cc1ccc(Br)cc1)C(=O)CSCc1ccccc1. The molecule has 3 rings (SSSR count). The van der Waals surface area contributed by atoms with Gasteiger partial charge in [0.25, 0.3) is 0 Å². The molecular weight excluding hydrogens is 508 g/mol. The van der Waals surface area contributed by atoms with Gasteiger partial charge in [-0.2, -0.15) is 0 Å². The lowest BCUT2D eigenvalue weighted by Gasteiger charge is -2.32. The van der Waals surface area contributed by atoms with Crippen molar-refractivity contribution < 1.29 is 9.59 Å². The van der Waals surface area contributed by atoms with Crippen LogP contribution in [0, 0.1) is 0 Å². The number of nitrogens with zero attached hydrogens (tertiary/aromatic N) is 1. The number of hydrogen-bond acceptors (Lipinski definition) is 3. The average Bonchev–Trinajstić information content (AvgIpc) is 2.83. The van der Waals surface area contributed by atoms with Crippen molar-refractivity contribution in [3.05, 3.63) is 106 Å². The number of amides is 2. The predicted molar refractivity (Wildman–Crippen MR) is 145 cm³/mol. The Bertz CT molecular complexity index is 1040. The average molecular weight is 540 g/mol. The summed E-state index contributed by atoms with van der Waals surface area (Å²) in [6.07, 6.45) is 0.463. The first-order valence-electron chi connectivity index (χ1n) is 11.4. The van der Waals surface area contributed by atoms with Gasteiger partial charge in [-0.15, -0.1) is 11.8 Å². The van der Waals surface area contributed by atoms with Crippen molar-refractivity contribution in [2.45, 2.75) is 44.6 Å². The highest BCUT2D eigenvalue weighted by Gasteiger charge is 2.30. The van der Waals surface area contributed by atoms with Crippen LogP contribution in [-0.2, 0) is 28.3 Å². The first-order valence-corrected chi connectivity index (χ1v) is 13.4. The topological polar surface area (TPSA) is 49.4 Å². The number of rotatable bonds is 11. The van der Waals surface area contributed by atoms with E-state index in [1.807, 2.05) is 86.6 Å². The van der Waals surface area contributed by atoms with Crippen molar-refractivity contribution in [3.63, 3.8) is 0 Å². The highest BCUT2D eigenvalue weighted by Crippen LogP contribution is 2.19. The summed E-state index contributed by atoms with van der Waals surface area (Å²) in [5.74, 6) is 0.896. The fourth-order valence-electron chi connectivity index (χ4n) is 3.63. The molecule has 0 aromatic heterocycles. The molecule has 3 aromatic carbocycles. The molecule has 6 heteroatoms. The number of thioether (sulfide) groups is 1. The number of benzene rings is 3. The normalized spacial score (nSPS) is 11.8. The van der Waals surface area contributed by atoms with E-state index in [0.29, 0.717) is 18.7 Å². The van der Waals surface area contributed by atoms with Crippen molar-refractivity contribution in [2.75, 3.05) is 5.75 Å². The van der Waals surface area contributed by atoms with Gasteiger partial charge in [0.05, 0.1) is 5.75 Å². The van der Waals surface area contributed by atoms with Gasteiger partial charge >= 0.3 is 0 Å². The molecule has 3 aromatic rings. The molecule has 178 valence electrons. The molecule has 0 spiro atoms. The maximum absolute atomic E-state index is 13.5. The summed E-state index contributed by atoms with van der Waals surface area (Å²) in [5, 5.41) is 3.03. The number of carbonyl (C=O) groups is 2. The largest absolute Gasteiger partial charge is 0.352 e. The van der Waals surface area contributed by atoms with Gasteiger partial charge in [0.1, 0.15) is 6.04 Å². The Morgan fingerprint density at radius 3 is 2.03 bits per heavy atom. The highest BCUT2D eigenvalue weighted by molar-refractivity contribution is 9.10. The predicted octanol–water partition coefficient (Wildman–Crippen LogP) is 5.85. The monoisotopic (exact) mass is 538 g/mol. The Hall–Kier alpha value is -2.57. The van der Waals surface area contributed by atoms with Crippen LogP contribution in [-0.4, -0.2) is 34.6 Å². The summed E-state index contributed by atoms with van der Waals surface area (Å²) in [5.41, 5.74) is 3.19. The van der Waals surface area contributed by atoms with Crippen LogP contribution >= 0.6 is 27.7 Å². The summed E-state index contributed by atoms with van der Waals surface area (Å²) in [6.45, 7) is 4.25. The number of halogens is 1. The minimum Gasteiger partial charge on any atom is -0.352 e. The second-order valence-electron chi connectivity index (χ2n) is 8.50. The molecule has 0 aliphatic rings. The van der Waals surface area contributed by atoms with E-state index in [1.165, 1.54) is 5.56 Å². The Labute approximate surface area is 215 Å². The van der Waals surface area contributed by atoms with Crippen LogP contribution in [0.3, 0.4) is 0 Å². The number of carbonyl (C=O) groups excluding carboxylic acids is 2. The van der Waals surface area contributed by atoms with Gasteiger partial charge in [-0.25, -0.2) is 0 Å². The standard InChI is InChI=1S/C28H31BrN2O2S/c1-21(2)30-28(33)26(17-22-9-5-3-6-10-22)31(18-23-13-15-25(29)16-14-23)27(32)20-34-19-24-11-7-4-8-12-24/h3-16,21,26H,17-20H2,1-2H3,(H,30,33)/t26-/m1/s1. The smallest absolute Gasteiger partial charge is 0.243 e. The lowest BCUT2D eigenvalue weighted by molar-refractivity contribution is -0.139. The molecule has 0 unspecified atom stereocenters. The van der Waals surface area contributed by atoms with Crippen LogP contribution in [0.2, 0.25) is 0 Å². The van der Waals surface area contributed by atoms with E-state index in [1.54, 1.807) is 16.7 Å². The molecule has 0 aliphatic carbocycles. The van der Waals surface area contributed by atoms with Crippen LogP contribution in [0.5, 0.6) is 0 Å². The fourth-order valence-corrected chi connectivity index (χ4v) is 4.77. The van der Waals surface area contributed by atoms with Gasteiger partial charge in [0, 0.05) is 29.2 Å². The molecule has 0 saturated heterocycles. The van der Waals surface area contributed by atoms with E-state index >= 15 is 0 Å². The third kappa shape index (κ3) is 8.33. The van der Waals surface area contributed by atoms with Crippen LogP contribution < -0.4 is 5.32 Å². The molecule has 1 atom stereocenters. The van der Waals surface area contributed by atoms with Crippen molar-refractivity contribution >= 4 is 39.5 Å². The Morgan fingerprint density at radius 2 is 1.44 bits per heavy atom. The maximum atomic E-state index is 13.5. The molecule has 0 aliphatic heterocycles. The number of nitrogens with one attached hydrogen (secondary N) is 1. The zero-order valence-corrected chi connectivity index (χ0v) is 22.0. The third-order valence-corrected chi connectivity index (χ3v) is 6.82. The van der Waals surface area contributed by atoms with Gasteiger partial charge in [0.15, 0.2) is 0 Å². The molecule has 1 N–H and O–H groups in total. The van der Waals surface area contributed by atoms with E-state index in [-0.39, 0.29) is 17.9 Å². The van der Waals surface area contributed by atoms with Gasteiger partial charge in [-0.3, -0.25) is 9.59 Å². The van der Waals surface area contributed by atoms with E-state index in [9.17, 15) is 9.59 Å². The molecule has 0 heterocycles. The molecule has 4 nitrogen and oxygen atoms in total. The lowest BCUT2D eigenvalue weighted by Crippen LogP contribution is -2.52. The van der Waals surface area contributed by atoms with Crippen molar-refractivity contribution in [1.82, 2.24) is 10.2 Å². The molecule has 0 bridgehead atoms. The molecule has 2 amide bonds. The van der Waals surface area contributed by atoms with E-state index in [4.69, 9.17) is 0 Å². The van der Waals surface area contributed by atoms with Crippen molar-refractivity contribution in [2.24, 2.45) is 0 Å². The van der Waals surface area contributed by atoms with Crippen LogP contribution in [0.1, 0.15) is 30.5 Å². The molecular formula is C28H31BrN2O2S. The summed E-state index contributed by atoms with van der Waals surface area (Å²) in [6, 6.07) is 27.3. The van der Waals surface area contributed by atoms with Gasteiger partial charge in [-0.05, 0) is 42.7 Å². The summed E-state index contributed by atoms with van der Waals surface area (Å²) in [7, 11) is 0. The second kappa shape index (κ2) is 13.4. The fraction of sp³-hybridized carbons (Fsp3) is 0.286. The van der Waals surface area contributed by atoms with Gasteiger partial charge < -0.3 is 10.2 Å². The van der Waals surface area contributed by atoms with E-state index in [0.717, 1.165) is 21.4 Å². The van der Waals surface area contributed by atoms with E-state index < -0.39 is 6.04 Å². The first-order chi connectivity index (χ1) is 16.4. The van der Waals surface area contributed by atoms with Crippen LogP contribution in [0.25, 0.3) is 0 Å². The Balaban J connectivity index is 1.84. The lowest BCUT2D eigenvalue weighted by atomic mass is 10.0. The Morgan fingerprint density at radius 1 is 0.853 bits per heavy atom. The summed E-state index contributed by atoms with van der Waals surface area (Å²) < 4.78 is 0.978. The minimum absolute atomic E-state index is 0.0112. The molecule has 34 heavy (non-hydrogen) atoms. The summed E-state index contributed by atoms with van der Waals surface area (Å²) >= 11 is 5.05. The minimum atomic E-state index is -0.599.